The first-order chi connectivity index (χ1) is 9.80. The highest BCUT2D eigenvalue weighted by Gasteiger charge is 2.51. The fraction of sp³-hybridized carbons (Fsp3) is 0.571. The molecule has 6 nitrogen and oxygen atoms in total. The molecule has 1 aliphatic heterocycles. The Morgan fingerprint density at radius 1 is 0.857 bits per heavy atom. The molecule has 1 aromatic carbocycles. The van der Waals surface area contributed by atoms with Gasteiger partial charge in [0.05, 0.1) is 25.4 Å². The molecule has 1 aromatic rings. The maximum absolute atomic E-state index is 5.99. The monoisotopic (exact) mass is 296 g/mol. The maximum atomic E-state index is 5.99. The van der Waals surface area contributed by atoms with Crippen molar-refractivity contribution in [3.8, 4) is 11.5 Å². The Balaban J connectivity index is 2.27. The Kier molecular flexibility index (Phi) is 4.48. The first-order valence-electron chi connectivity index (χ1n) is 6.71. The van der Waals surface area contributed by atoms with Gasteiger partial charge >= 0.3 is 7.12 Å². The second kappa shape index (κ2) is 5.85. The fourth-order valence-electron chi connectivity index (χ4n) is 1.96. The molecule has 1 heterocycles. The van der Waals surface area contributed by atoms with Gasteiger partial charge in [-0.05, 0) is 45.3 Å². The van der Waals surface area contributed by atoms with Gasteiger partial charge in [0.25, 0.3) is 0 Å². The van der Waals surface area contributed by atoms with Crippen molar-refractivity contribution >= 4 is 12.6 Å². The van der Waals surface area contributed by atoms with Crippen molar-refractivity contribution in [2.45, 2.75) is 38.9 Å². The lowest BCUT2D eigenvalue weighted by atomic mass is 9.79. The van der Waals surface area contributed by atoms with E-state index in [9.17, 15) is 0 Å². The Hall–Kier alpha value is -1.28. The molecule has 2 rings (SSSR count). The average Bonchev–Trinajstić information content (AvgIpc) is 2.61. The predicted molar refractivity (Wildman–Crippen MR) is 77.4 cm³/mol. The zero-order valence-electron chi connectivity index (χ0n) is 13.3. The van der Waals surface area contributed by atoms with Crippen molar-refractivity contribution in [3.05, 3.63) is 18.2 Å². The van der Waals surface area contributed by atoms with Gasteiger partial charge in [0.15, 0.2) is 0 Å². The summed E-state index contributed by atoms with van der Waals surface area (Å²) in [7, 11) is 2.35. The van der Waals surface area contributed by atoms with Gasteiger partial charge in [-0.15, -0.1) is 0 Å². The lowest BCUT2D eigenvalue weighted by molar-refractivity contribution is -0.201. The molecule has 0 aliphatic carbocycles. The second-order valence-corrected chi connectivity index (χ2v) is 5.79. The van der Waals surface area contributed by atoms with Crippen molar-refractivity contribution in [3.63, 3.8) is 0 Å². The van der Waals surface area contributed by atoms with E-state index in [1.165, 1.54) is 14.2 Å². The summed E-state index contributed by atoms with van der Waals surface area (Å²) in [6.07, 6.45) is 0. The largest absolute Gasteiger partial charge is 0.494 e. The third-order valence-electron chi connectivity index (χ3n) is 3.84. The SMILES string of the molecule is COOc1ccc(B2OC(C)(C)C(C)(C)O2)cc1OOC. The van der Waals surface area contributed by atoms with Crippen LogP contribution in [-0.4, -0.2) is 32.5 Å². The second-order valence-electron chi connectivity index (χ2n) is 5.79. The van der Waals surface area contributed by atoms with Gasteiger partial charge in [0.2, 0.25) is 11.5 Å². The van der Waals surface area contributed by atoms with Crippen LogP contribution in [0.1, 0.15) is 27.7 Å². The lowest BCUT2D eigenvalue weighted by Crippen LogP contribution is -2.41. The highest BCUT2D eigenvalue weighted by molar-refractivity contribution is 6.62. The van der Waals surface area contributed by atoms with Crippen molar-refractivity contribution in [1.82, 2.24) is 0 Å². The van der Waals surface area contributed by atoms with Crippen molar-refractivity contribution in [2.24, 2.45) is 0 Å². The molecule has 0 bridgehead atoms. The summed E-state index contributed by atoms with van der Waals surface area (Å²) in [6, 6.07) is 5.28. The summed E-state index contributed by atoms with van der Waals surface area (Å²) in [6.45, 7) is 8.01. The maximum Gasteiger partial charge on any atom is 0.494 e. The lowest BCUT2D eigenvalue weighted by Gasteiger charge is -2.32. The van der Waals surface area contributed by atoms with Gasteiger partial charge in [-0.3, -0.25) is 0 Å². The minimum Gasteiger partial charge on any atom is -0.399 e. The van der Waals surface area contributed by atoms with E-state index in [1.54, 1.807) is 12.1 Å². The number of hydrogen-bond donors (Lipinski definition) is 0. The Morgan fingerprint density at radius 2 is 1.38 bits per heavy atom. The third kappa shape index (κ3) is 3.16. The molecular formula is C14H21BO6. The number of rotatable bonds is 5. The zero-order valence-corrected chi connectivity index (χ0v) is 13.3. The molecule has 1 saturated heterocycles. The molecule has 1 fully saturated rings. The highest BCUT2D eigenvalue weighted by Crippen LogP contribution is 2.37. The number of benzene rings is 1. The molecule has 0 N–H and O–H groups in total. The molecule has 0 spiro atoms. The van der Waals surface area contributed by atoms with Crippen LogP contribution in [0.5, 0.6) is 11.5 Å². The normalized spacial score (nSPS) is 19.6. The van der Waals surface area contributed by atoms with Crippen LogP contribution >= 0.6 is 0 Å². The van der Waals surface area contributed by atoms with E-state index in [4.69, 9.17) is 24.0 Å². The van der Waals surface area contributed by atoms with E-state index in [0.717, 1.165) is 5.46 Å². The van der Waals surface area contributed by atoms with Crippen LogP contribution in [0, 0.1) is 0 Å². The number of hydrogen-bond acceptors (Lipinski definition) is 6. The molecule has 0 radical (unpaired) electrons. The standard InChI is InChI=1S/C14H21BO6/c1-13(2)14(3,4)21-15(20-13)10-7-8-11(18-16-5)12(9-10)19-17-6/h7-9H,1-6H3. The van der Waals surface area contributed by atoms with Crippen molar-refractivity contribution in [2.75, 3.05) is 14.2 Å². The molecule has 1 aliphatic rings. The predicted octanol–water partition coefficient (Wildman–Crippen LogP) is 1.87. The van der Waals surface area contributed by atoms with E-state index in [1.807, 2.05) is 33.8 Å². The van der Waals surface area contributed by atoms with E-state index in [-0.39, 0.29) is 0 Å². The van der Waals surface area contributed by atoms with E-state index >= 15 is 0 Å². The van der Waals surface area contributed by atoms with Crippen LogP contribution in [0.3, 0.4) is 0 Å². The van der Waals surface area contributed by atoms with Gasteiger partial charge in [0.1, 0.15) is 0 Å². The summed E-state index contributed by atoms with van der Waals surface area (Å²) < 4.78 is 12.0. The van der Waals surface area contributed by atoms with E-state index in [0.29, 0.717) is 11.5 Å². The molecule has 0 unspecified atom stereocenters. The zero-order chi connectivity index (χ0) is 15.7. The minimum absolute atomic E-state index is 0.381. The molecular weight excluding hydrogens is 275 g/mol. The summed E-state index contributed by atoms with van der Waals surface area (Å²) in [5.74, 6) is 0.783. The van der Waals surface area contributed by atoms with Crippen LogP contribution in [-0.2, 0) is 19.1 Å². The van der Waals surface area contributed by atoms with E-state index in [2.05, 4.69) is 4.89 Å². The molecule has 0 amide bonds. The first-order valence-corrected chi connectivity index (χ1v) is 6.71. The van der Waals surface area contributed by atoms with Gasteiger partial charge in [-0.2, -0.15) is 9.78 Å². The van der Waals surface area contributed by atoms with Crippen molar-refractivity contribution < 1.29 is 28.9 Å². The average molecular weight is 296 g/mol. The van der Waals surface area contributed by atoms with Gasteiger partial charge < -0.3 is 19.1 Å². The van der Waals surface area contributed by atoms with Crippen LogP contribution in [0.2, 0.25) is 0 Å². The topological polar surface area (TPSA) is 55.4 Å². The smallest absolute Gasteiger partial charge is 0.399 e. The van der Waals surface area contributed by atoms with Gasteiger partial charge in [-0.1, -0.05) is 6.07 Å². The Bertz CT molecular complexity index is 486. The molecule has 21 heavy (non-hydrogen) atoms. The van der Waals surface area contributed by atoms with Gasteiger partial charge in [0, 0.05) is 0 Å². The summed E-state index contributed by atoms with van der Waals surface area (Å²) >= 11 is 0. The molecule has 0 aromatic heterocycles. The van der Waals surface area contributed by atoms with Crippen LogP contribution in [0.15, 0.2) is 18.2 Å². The van der Waals surface area contributed by atoms with E-state index < -0.39 is 18.3 Å². The summed E-state index contributed by atoms with van der Waals surface area (Å²) in [5, 5.41) is 0. The van der Waals surface area contributed by atoms with Crippen LogP contribution < -0.4 is 15.2 Å². The molecule has 116 valence electrons. The quantitative estimate of drug-likeness (QED) is 0.470. The van der Waals surface area contributed by atoms with Crippen molar-refractivity contribution in [1.29, 1.82) is 0 Å². The third-order valence-corrected chi connectivity index (χ3v) is 3.84. The summed E-state index contributed by atoms with van der Waals surface area (Å²) in [4.78, 5) is 19.4. The highest BCUT2D eigenvalue weighted by atomic mass is 17.2. The van der Waals surface area contributed by atoms with Crippen LogP contribution in [0.4, 0.5) is 0 Å². The molecule has 0 atom stereocenters. The molecule has 7 heteroatoms. The summed E-state index contributed by atoms with van der Waals surface area (Å²) in [5.41, 5.74) is 0.00711. The Morgan fingerprint density at radius 3 is 1.90 bits per heavy atom. The van der Waals surface area contributed by atoms with Crippen LogP contribution in [0.25, 0.3) is 0 Å². The Labute approximate surface area is 125 Å². The van der Waals surface area contributed by atoms with Gasteiger partial charge in [-0.25, -0.2) is 0 Å². The first kappa shape index (κ1) is 16.1. The molecule has 0 saturated carbocycles. The fourth-order valence-corrected chi connectivity index (χ4v) is 1.96. The minimum atomic E-state index is -0.481.